The van der Waals surface area contributed by atoms with Gasteiger partial charge in [-0.15, -0.1) is 0 Å². The number of aliphatic hydroxyl groups is 1. The maximum Gasteiger partial charge on any atom is 0.306 e. The second kappa shape index (κ2) is 15.0. The van der Waals surface area contributed by atoms with Crippen molar-refractivity contribution in [2.75, 3.05) is 0 Å². The van der Waals surface area contributed by atoms with Gasteiger partial charge in [-0.1, -0.05) is 58.3 Å². The van der Waals surface area contributed by atoms with Gasteiger partial charge in [0.15, 0.2) is 0 Å². The normalized spacial score (nSPS) is 50.5. The summed E-state index contributed by atoms with van der Waals surface area (Å²) in [4.78, 5) is 34.4. The van der Waals surface area contributed by atoms with E-state index in [4.69, 9.17) is 18.9 Å². The summed E-state index contributed by atoms with van der Waals surface area (Å²) in [6.45, 7) is 10.5. The molecule has 8 aliphatic carbocycles. The monoisotopic (exact) mass is 789 g/mol. The van der Waals surface area contributed by atoms with Crippen LogP contribution >= 0.6 is 0 Å². The molecule has 0 radical (unpaired) electrons. The molecule has 0 unspecified atom stereocenters. The minimum atomic E-state index is -0.627. The maximum atomic E-state index is 11.5. The first-order chi connectivity index (χ1) is 27.2. The fraction of sp³-hybridized carbons (Fsp3) is 0.857. The first-order valence-electron chi connectivity index (χ1n) is 23.6. The molecule has 4 heterocycles. The van der Waals surface area contributed by atoms with Gasteiger partial charge in [0, 0.05) is 54.8 Å². The van der Waals surface area contributed by atoms with E-state index in [0.29, 0.717) is 61.2 Å². The lowest BCUT2D eigenvalue weighted by Gasteiger charge is -2.39. The lowest BCUT2D eigenvalue weighted by atomic mass is 9.70. The van der Waals surface area contributed by atoms with E-state index in [1.54, 1.807) is 0 Å². The Morgan fingerprint density at radius 3 is 1.63 bits per heavy atom. The minimum absolute atomic E-state index is 0.00521. The standard InChI is InChI=1S/C13H20O2.C12H18O3.C12H18O2.C12H16O/c1-9-6-10-4-2-3-5-11-7-12(14)15-13(10,11)8-9;1-11(14)6-9-4-2-3-8-5-10(13)15-12(8,9)7-11;1-8-5-9-3-2-4-10-6-11(13)14-12(9,10)7-8;1-9-8-11-6-5-10-4-2-3-7-12(10,11)13-9/h9-11H,2-8H2,1H3;8-9,14H,2-7H2,1H3;8-10H,2-7H2,1H3;2-3,10-11H,1,4-8H2/t9-,10+,11-,13-;8-,9+,11+,12+;8-,9+,10-,12-;10-,11-,12-/m0000/s1. The fourth-order valence-corrected chi connectivity index (χ4v) is 16.0. The molecular formula is C49H72O8. The maximum absolute atomic E-state index is 11.5. The third kappa shape index (κ3) is 7.03. The van der Waals surface area contributed by atoms with Gasteiger partial charge in [0.25, 0.3) is 0 Å². The summed E-state index contributed by atoms with van der Waals surface area (Å²) in [6, 6.07) is 0. The lowest BCUT2D eigenvalue weighted by molar-refractivity contribution is -0.156. The molecule has 0 aromatic heterocycles. The Morgan fingerprint density at radius 1 is 0.544 bits per heavy atom. The molecule has 316 valence electrons. The van der Waals surface area contributed by atoms with E-state index >= 15 is 0 Å². The molecule has 11 fully saturated rings. The van der Waals surface area contributed by atoms with Gasteiger partial charge in [-0.05, 0) is 120 Å². The Bertz CT molecular complexity index is 1600. The van der Waals surface area contributed by atoms with Crippen molar-refractivity contribution >= 4 is 17.9 Å². The first kappa shape index (κ1) is 40.1. The number of rotatable bonds is 0. The van der Waals surface area contributed by atoms with Crippen LogP contribution in [0.4, 0.5) is 0 Å². The molecule has 4 aliphatic heterocycles. The molecule has 4 saturated heterocycles. The number of hydrogen-bond acceptors (Lipinski definition) is 8. The number of esters is 3. The molecule has 4 spiro atoms. The van der Waals surface area contributed by atoms with Crippen LogP contribution in [0.15, 0.2) is 24.5 Å². The second-order valence-corrected chi connectivity index (χ2v) is 21.9. The average molecular weight is 789 g/mol. The van der Waals surface area contributed by atoms with Crippen molar-refractivity contribution in [3.8, 4) is 0 Å². The second-order valence-electron chi connectivity index (χ2n) is 21.9. The van der Waals surface area contributed by atoms with E-state index < -0.39 is 5.60 Å². The molecule has 8 heteroatoms. The highest BCUT2D eigenvalue weighted by Gasteiger charge is 2.63. The number of carbonyl (C=O) groups is 3. The van der Waals surface area contributed by atoms with Gasteiger partial charge in [-0.2, -0.15) is 0 Å². The van der Waals surface area contributed by atoms with E-state index in [9.17, 15) is 19.5 Å². The van der Waals surface area contributed by atoms with Crippen molar-refractivity contribution in [2.45, 2.75) is 203 Å². The van der Waals surface area contributed by atoms with E-state index in [0.717, 1.165) is 74.4 Å². The molecular weight excluding hydrogens is 717 g/mol. The highest BCUT2D eigenvalue weighted by atomic mass is 16.6. The third-order valence-corrected chi connectivity index (χ3v) is 18.0. The predicted octanol–water partition coefficient (Wildman–Crippen LogP) is 10.1. The van der Waals surface area contributed by atoms with Crippen LogP contribution in [0.5, 0.6) is 0 Å². The van der Waals surface area contributed by atoms with Gasteiger partial charge in [0.1, 0.15) is 22.4 Å². The smallest absolute Gasteiger partial charge is 0.306 e. The van der Waals surface area contributed by atoms with E-state index in [-0.39, 0.29) is 40.3 Å². The van der Waals surface area contributed by atoms with E-state index in [1.807, 2.05) is 6.92 Å². The molecule has 1 N–H and O–H groups in total. The lowest BCUT2D eigenvalue weighted by Crippen LogP contribution is -2.43. The molecule has 12 rings (SSSR count). The quantitative estimate of drug-likeness (QED) is 0.147. The topological polar surface area (TPSA) is 108 Å². The van der Waals surface area contributed by atoms with Crippen LogP contribution in [-0.4, -0.2) is 51.0 Å². The Hall–Kier alpha value is -2.35. The Morgan fingerprint density at radius 2 is 1.02 bits per heavy atom. The van der Waals surface area contributed by atoms with Crippen LogP contribution in [0.2, 0.25) is 0 Å². The van der Waals surface area contributed by atoms with Gasteiger partial charge in [-0.25, -0.2) is 0 Å². The van der Waals surface area contributed by atoms with Crippen LogP contribution in [0.25, 0.3) is 0 Å². The van der Waals surface area contributed by atoms with E-state index in [2.05, 4.69) is 32.6 Å². The summed E-state index contributed by atoms with van der Waals surface area (Å²) in [5.74, 6) is 7.40. The number of ether oxygens (including phenoxy) is 4. The summed E-state index contributed by atoms with van der Waals surface area (Å²) in [5.41, 5.74) is -0.760. The van der Waals surface area contributed by atoms with Crippen molar-refractivity contribution in [1.82, 2.24) is 0 Å². The summed E-state index contributed by atoms with van der Waals surface area (Å²) >= 11 is 0. The van der Waals surface area contributed by atoms with Crippen molar-refractivity contribution < 1.29 is 38.4 Å². The van der Waals surface area contributed by atoms with Crippen LogP contribution in [0, 0.1) is 59.2 Å². The summed E-state index contributed by atoms with van der Waals surface area (Å²) in [7, 11) is 0. The minimum Gasteiger partial charge on any atom is -0.491 e. The first-order valence-corrected chi connectivity index (χ1v) is 23.6. The molecule has 57 heavy (non-hydrogen) atoms. The highest BCUT2D eigenvalue weighted by Crippen LogP contribution is 2.60. The van der Waals surface area contributed by atoms with Crippen LogP contribution in [-0.2, 0) is 33.3 Å². The van der Waals surface area contributed by atoms with Crippen LogP contribution in [0.1, 0.15) is 175 Å². The van der Waals surface area contributed by atoms with Crippen LogP contribution in [0.3, 0.4) is 0 Å². The Labute approximate surface area is 342 Å². The number of allylic oxidation sites excluding steroid dienone is 2. The largest absolute Gasteiger partial charge is 0.491 e. The third-order valence-electron chi connectivity index (χ3n) is 18.0. The molecule has 0 bridgehead atoms. The SMILES string of the molecule is C=C1C[C@@H]2CC[C@@H]3CC=CC[C@]32O1.C[C@@]1(O)C[C@H]2CCC[C@H]3CC(=O)O[C@@]23C1.C[C@H]1C[C@H]2CCCC[C@H]3CC(=O)O[C@@]23C1.C[C@H]1C[C@H]2CCC[C@H]3CC(=O)O[C@@]23C1. The van der Waals surface area contributed by atoms with Crippen molar-refractivity contribution in [1.29, 1.82) is 0 Å². The Balaban J connectivity index is 0.0000000990. The summed E-state index contributed by atoms with van der Waals surface area (Å²) in [5, 5.41) is 10.2. The van der Waals surface area contributed by atoms with Gasteiger partial charge in [0.2, 0.25) is 0 Å². The molecule has 12 aliphatic rings. The van der Waals surface area contributed by atoms with Gasteiger partial charge in [0.05, 0.1) is 30.6 Å². The van der Waals surface area contributed by atoms with Gasteiger partial charge >= 0.3 is 17.9 Å². The molecule has 0 aromatic carbocycles. The van der Waals surface area contributed by atoms with Crippen molar-refractivity contribution in [3.05, 3.63) is 24.5 Å². The van der Waals surface area contributed by atoms with Crippen molar-refractivity contribution in [3.63, 3.8) is 0 Å². The zero-order valence-corrected chi connectivity index (χ0v) is 35.4. The average Bonchev–Trinajstić information content (AvgIpc) is 4.00. The highest BCUT2D eigenvalue weighted by molar-refractivity contribution is 5.74. The summed E-state index contributed by atoms with van der Waals surface area (Å²) in [6.07, 6.45) is 31.4. The fourth-order valence-electron chi connectivity index (χ4n) is 16.0. The molecule has 0 aromatic rings. The molecule has 15 atom stereocenters. The predicted molar refractivity (Wildman–Crippen MR) is 216 cm³/mol. The number of carbonyl (C=O) groups excluding carboxylic acids is 3. The van der Waals surface area contributed by atoms with E-state index in [1.165, 1.54) is 83.5 Å². The number of hydrogen-bond donors (Lipinski definition) is 1. The molecule has 8 nitrogen and oxygen atoms in total. The van der Waals surface area contributed by atoms with Gasteiger partial charge < -0.3 is 24.1 Å². The summed E-state index contributed by atoms with van der Waals surface area (Å²) < 4.78 is 23.1. The van der Waals surface area contributed by atoms with Crippen molar-refractivity contribution in [2.24, 2.45) is 59.2 Å². The zero-order chi connectivity index (χ0) is 39.8. The molecule has 0 amide bonds. The molecule has 7 saturated carbocycles. The zero-order valence-electron chi connectivity index (χ0n) is 35.4. The Kier molecular flexibility index (Phi) is 10.5. The van der Waals surface area contributed by atoms with Gasteiger partial charge in [-0.3, -0.25) is 14.4 Å². The van der Waals surface area contributed by atoms with Crippen LogP contribution < -0.4 is 0 Å².